The average Bonchev–Trinajstić information content (AvgIpc) is 2.60. The summed E-state index contributed by atoms with van der Waals surface area (Å²) < 4.78 is 5.22. The van der Waals surface area contributed by atoms with E-state index >= 15 is 0 Å². The lowest BCUT2D eigenvalue weighted by molar-refractivity contribution is -0.199. The normalized spacial score (nSPS) is 14.8. The van der Waals surface area contributed by atoms with E-state index in [1.54, 1.807) is 39.0 Å². The largest absolute Gasteiger partial charge is 0.371 e. The van der Waals surface area contributed by atoms with Crippen LogP contribution in [0.1, 0.15) is 41.0 Å². The van der Waals surface area contributed by atoms with Gasteiger partial charge < -0.3 is 15.8 Å². The number of primary amides is 1. The Morgan fingerprint density at radius 2 is 1.90 bits per heavy atom. The maximum Gasteiger partial charge on any atom is 0.276 e. The maximum absolute atomic E-state index is 13.0. The van der Waals surface area contributed by atoms with Crippen LogP contribution in [-0.4, -0.2) is 52.2 Å². The number of aromatic nitrogens is 1. The number of hydrogen-bond acceptors (Lipinski definition) is 6. The van der Waals surface area contributed by atoms with Gasteiger partial charge in [-0.25, -0.2) is 10.0 Å². The number of pyridine rings is 1. The summed E-state index contributed by atoms with van der Waals surface area (Å²) in [7, 11) is 1.26. The first kappa shape index (κ1) is 24.5. The van der Waals surface area contributed by atoms with Gasteiger partial charge in [0.15, 0.2) is 0 Å². The van der Waals surface area contributed by atoms with Gasteiger partial charge in [-0.2, -0.15) is 0 Å². The summed E-state index contributed by atoms with van der Waals surface area (Å²) >= 11 is 0. The van der Waals surface area contributed by atoms with Gasteiger partial charge in [-0.15, -0.1) is 0 Å². The number of hydroxylamine groups is 2. The van der Waals surface area contributed by atoms with Gasteiger partial charge in [-0.05, 0) is 29.9 Å². The maximum atomic E-state index is 13.0. The van der Waals surface area contributed by atoms with Crippen molar-refractivity contribution in [2.45, 2.75) is 53.2 Å². The van der Waals surface area contributed by atoms with Crippen molar-refractivity contribution in [2.24, 2.45) is 23.0 Å². The Kier molecular flexibility index (Phi) is 8.72. The van der Waals surface area contributed by atoms with Gasteiger partial charge in [0.05, 0.1) is 5.92 Å². The molecule has 162 valence electrons. The van der Waals surface area contributed by atoms with Crippen LogP contribution in [0.25, 0.3) is 0 Å². The summed E-state index contributed by atoms with van der Waals surface area (Å²) in [5.74, 6) is -2.84. The number of ether oxygens (including phenoxy) is 1. The summed E-state index contributed by atoms with van der Waals surface area (Å²) in [6, 6.07) is 3.72. The Hall–Kier alpha value is -2.52. The number of carbonyl (C=O) groups is 3. The van der Waals surface area contributed by atoms with E-state index in [4.69, 9.17) is 10.5 Å². The molecule has 29 heavy (non-hydrogen) atoms. The molecule has 0 aliphatic heterocycles. The minimum atomic E-state index is -1.31. The van der Waals surface area contributed by atoms with Crippen molar-refractivity contribution >= 4 is 23.5 Å². The molecule has 1 aromatic rings. The number of nitrogens with zero attached hydrogens (tertiary/aromatic N) is 2. The Morgan fingerprint density at radius 1 is 1.28 bits per heavy atom. The van der Waals surface area contributed by atoms with Crippen LogP contribution in [-0.2, 0) is 19.1 Å². The smallest absolute Gasteiger partial charge is 0.276 e. The van der Waals surface area contributed by atoms with Crippen LogP contribution in [0.2, 0.25) is 0 Å². The second kappa shape index (κ2) is 10.3. The molecule has 0 aliphatic rings. The number of rotatable bonds is 9. The highest BCUT2D eigenvalue weighted by molar-refractivity contribution is 5.98. The molecule has 0 radical (unpaired) electrons. The van der Waals surface area contributed by atoms with Crippen LogP contribution in [0.3, 0.4) is 0 Å². The number of nitrogens with two attached hydrogens (primary N) is 1. The minimum Gasteiger partial charge on any atom is -0.371 e. The third-order valence-electron chi connectivity index (χ3n) is 4.41. The van der Waals surface area contributed by atoms with Crippen molar-refractivity contribution < 1.29 is 24.3 Å². The van der Waals surface area contributed by atoms with Gasteiger partial charge in [-0.1, -0.05) is 40.7 Å². The van der Waals surface area contributed by atoms with Crippen molar-refractivity contribution in [3.8, 4) is 0 Å². The van der Waals surface area contributed by atoms with Gasteiger partial charge in [0.2, 0.25) is 5.91 Å². The highest BCUT2D eigenvalue weighted by Crippen LogP contribution is 2.27. The molecule has 9 heteroatoms. The van der Waals surface area contributed by atoms with E-state index in [1.807, 2.05) is 13.8 Å². The van der Waals surface area contributed by atoms with Crippen LogP contribution in [0.15, 0.2) is 24.4 Å². The third kappa shape index (κ3) is 6.79. The highest BCUT2D eigenvalue weighted by atomic mass is 16.5. The number of carbonyl (C=O) groups excluding carboxylic acids is 3. The lowest BCUT2D eigenvalue weighted by Crippen LogP contribution is -2.57. The van der Waals surface area contributed by atoms with E-state index in [1.165, 1.54) is 13.3 Å². The molecule has 0 aliphatic carbocycles. The lowest BCUT2D eigenvalue weighted by Gasteiger charge is -2.37. The first-order valence-electron chi connectivity index (χ1n) is 9.46. The Bertz CT molecular complexity index is 703. The first-order valence-corrected chi connectivity index (χ1v) is 9.46. The monoisotopic (exact) mass is 408 g/mol. The zero-order valence-electron chi connectivity index (χ0n) is 17.9. The van der Waals surface area contributed by atoms with E-state index in [9.17, 15) is 19.6 Å². The molecular weight excluding hydrogens is 376 g/mol. The molecule has 0 saturated carbocycles. The van der Waals surface area contributed by atoms with E-state index in [0.29, 0.717) is 11.5 Å². The molecule has 4 N–H and O–H groups in total. The zero-order chi connectivity index (χ0) is 22.4. The number of amides is 3. The van der Waals surface area contributed by atoms with Gasteiger partial charge in [0.25, 0.3) is 11.8 Å². The van der Waals surface area contributed by atoms with Crippen LogP contribution in [0.4, 0.5) is 5.82 Å². The summed E-state index contributed by atoms with van der Waals surface area (Å²) in [5, 5.41) is 13.6. The Labute approximate surface area is 171 Å². The highest BCUT2D eigenvalue weighted by Gasteiger charge is 2.44. The van der Waals surface area contributed by atoms with Crippen LogP contribution in [0.5, 0.6) is 0 Å². The summed E-state index contributed by atoms with van der Waals surface area (Å²) in [6.45, 7) is 8.86. The van der Waals surface area contributed by atoms with E-state index in [-0.39, 0.29) is 11.7 Å². The number of methoxy groups -OCH3 is 1. The van der Waals surface area contributed by atoms with Gasteiger partial charge >= 0.3 is 0 Å². The van der Waals surface area contributed by atoms with Crippen LogP contribution in [0, 0.1) is 17.3 Å². The molecular formula is C20H32N4O5. The second-order valence-corrected chi connectivity index (χ2v) is 8.45. The zero-order valence-corrected chi connectivity index (χ0v) is 17.9. The Morgan fingerprint density at radius 3 is 2.31 bits per heavy atom. The van der Waals surface area contributed by atoms with Crippen molar-refractivity contribution in [1.82, 2.24) is 10.0 Å². The fourth-order valence-corrected chi connectivity index (χ4v) is 3.09. The van der Waals surface area contributed by atoms with Gasteiger partial charge in [0, 0.05) is 13.3 Å². The molecule has 1 aromatic heterocycles. The molecule has 1 rings (SSSR count). The fourth-order valence-electron chi connectivity index (χ4n) is 3.09. The Balaban J connectivity index is 3.16. The number of nitrogens with one attached hydrogen (secondary N) is 1. The molecule has 0 saturated heterocycles. The molecule has 1 heterocycles. The molecule has 1 unspecified atom stereocenters. The summed E-state index contributed by atoms with van der Waals surface area (Å²) in [4.78, 5) is 41.8. The minimum absolute atomic E-state index is 0.0657. The number of anilines is 1. The van der Waals surface area contributed by atoms with E-state index < -0.39 is 41.2 Å². The first-order chi connectivity index (χ1) is 13.4. The van der Waals surface area contributed by atoms with Crippen molar-refractivity contribution in [3.05, 3.63) is 24.4 Å². The fraction of sp³-hybridized carbons (Fsp3) is 0.600. The van der Waals surface area contributed by atoms with Gasteiger partial charge in [0.1, 0.15) is 18.0 Å². The van der Waals surface area contributed by atoms with Crippen LogP contribution < -0.4 is 11.1 Å². The quantitative estimate of drug-likeness (QED) is 0.421. The molecule has 9 nitrogen and oxygen atoms in total. The van der Waals surface area contributed by atoms with Gasteiger partial charge in [-0.3, -0.25) is 19.6 Å². The predicted molar refractivity (Wildman–Crippen MR) is 108 cm³/mol. The molecule has 0 fully saturated rings. The van der Waals surface area contributed by atoms with E-state index in [0.717, 1.165) is 0 Å². The molecule has 0 spiro atoms. The third-order valence-corrected chi connectivity index (χ3v) is 4.41. The lowest BCUT2D eigenvalue weighted by atomic mass is 9.84. The molecule has 0 aromatic carbocycles. The molecule has 0 bridgehead atoms. The van der Waals surface area contributed by atoms with Crippen LogP contribution >= 0.6 is 0 Å². The van der Waals surface area contributed by atoms with Crippen molar-refractivity contribution in [1.29, 1.82) is 0 Å². The number of hydrogen-bond donors (Lipinski definition) is 3. The van der Waals surface area contributed by atoms with E-state index in [2.05, 4.69) is 10.3 Å². The topological polar surface area (TPSA) is 135 Å². The average molecular weight is 408 g/mol. The molecule has 3 atom stereocenters. The molecule has 3 amide bonds. The second-order valence-electron chi connectivity index (χ2n) is 8.45. The standard InChI is InChI=1S/C20H32N4O5/c1-12(2)11-13(17(21)25)15(29-6)19(27)24(28)16(20(3,4)5)18(26)23-14-9-7-8-10-22-14/h7-10,12-13,15-16,28H,11H2,1-6H3,(H2,21,25)(H,22,23,26)/t13-,15+,16?/m1/s1. The SMILES string of the molecule is CO[C@H](C(=O)N(O)C(C(=O)Nc1ccccn1)C(C)(C)C)[C@@H](CC(C)C)C(N)=O. The summed E-state index contributed by atoms with van der Waals surface area (Å²) in [5.41, 5.74) is 4.63. The summed E-state index contributed by atoms with van der Waals surface area (Å²) in [6.07, 6.45) is 0.495. The van der Waals surface area contributed by atoms with Crippen molar-refractivity contribution in [2.75, 3.05) is 12.4 Å². The van der Waals surface area contributed by atoms with Crippen molar-refractivity contribution in [3.63, 3.8) is 0 Å². The predicted octanol–water partition coefficient (Wildman–Crippen LogP) is 1.82.